The number of carbonyl (C=O) groups excluding carboxylic acids is 1. The summed E-state index contributed by atoms with van der Waals surface area (Å²) in [6, 6.07) is 20.2. The second kappa shape index (κ2) is 10.6. The monoisotopic (exact) mass is 437 g/mol. The number of benzene rings is 3. The average molecular weight is 438 g/mol. The van der Waals surface area contributed by atoms with Crippen molar-refractivity contribution in [3.63, 3.8) is 0 Å². The van der Waals surface area contributed by atoms with Crippen LogP contribution < -0.4 is 14.8 Å². The summed E-state index contributed by atoms with van der Waals surface area (Å²) in [5.41, 5.74) is 0.963. The first-order valence-electron chi connectivity index (χ1n) is 10.5. The number of amides is 1. The first kappa shape index (κ1) is 21.5. The molecule has 1 atom stereocenters. The van der Waals surface area contributed by atoms with Gasteiger partial charge < -0.3 is 19.5 Å². The molecule has 1 N–H and O–H groups in total. The molecule has 1 amide bonds. The summed E-state index contributed by atoms with van der Waals surface area (Å²) in [7, 11) is 1.62. The van der Waals surface area contributed by atoms with Crippen LogP contribution in [-0.4, -0.2) is 38.1 Å². The number of rotatable bonds is 9. The quantitative estimate of drug-likeness (QED) is 0.487. The van der Waals surface area contributed by atoms with Gasteiger partial charge in [-0.1, -0.05) is 36.4 Å². The third kappa shape index (κ3) is 5.93. The van der Waals surface area contributed by atoms with Crippen LogP contribution in [0.4, 0.5) is 0 Å². The van der Waals surface area contributed by atoms with Gasteiger partial charge in [0.25, 0.3) is 0 Å². The SMILES string of the molecule is COc1cc(CNC(=O)CSc2ccc3ccccc3c2)ccc1OCC1CCCO1. The van der Waals surface area contributed by atoms with E-state index in [0.29, 0.717) is 30.4 Å². The molecule has 3 aromatic rings. The van der Waals surface area contributed by atoms with Crippen LogP contribution in [0.1, 0.15) is 18.4 Å². The van der Waals surface area contributed by atoms with Gasteiger partial charge >= 0.3 is 0 Å². The number of thioether (sulfide) groups is 1. The van der Waals surface area contributed by atoms with Gasteiger partial charge in [0.1, 0.15) is 6.61 Å². The number of ether oxygens (including phenoxy) is 3. The van der Waals surface area contributed by atoms with Gasteiger partial charge in [-0.05, 0) is 53.4 Å². The Morgan fingerprint density at radius 2 is 1.97 bits per heavy atom. The molecular weight excluding hydrogens is 410 g/mol. The Morgan fingerprint density at radius 1 is 1.10 bits per heavy atom. The first-order chi connectivity index (χ1) is 15.2. The Balaban J connectivity index is 1.26. The number of fused-ring (bicyclic) bond motifs is 1. The maximum atomic E-state index is 12.3. The minimum atomic E-state index is -0.00386. The Bertz CT molecular complexity index is 1030. The fourth-order valence-electron chi connectivity index (χ4n) is 3.56. The van der Waals surface area contributed by atoms with Crippen LogP contribution in [0, 0.1) is 0 Å². The smallest absolute Gasteiger partial charge is 0.230 e. The summed E-state index contributed by atoms with van der Waals surface area (Å²) in [5, 5.41) is 5.36. The molecule has 1 fully saturated rings. The van der Waals surface area contributed by atoms with Gasteiger partial charge in [-0.2, -0.15) is 0 Å². The zero-order valence-electron chi connectivity index (χ0n) is 17.6. The van der Waals surface area contributed by atoms with Crippen LogP contribution >= 0.6 is 11.8 Å². The van der Waals surface area contributed by atoms with E-state index >= 15 is 0 Å². The minimum Gasteiger partial charge on any atom is -0.493 e. The Labute approximate surface area is 187 Å². The largest absolute Gasteiger partial charge is 0.493 e. The van der Waals surface area contributed by atoms with Gasteiger partial charge in [-0.3, -0.25) is 4.79 Å². The van der Waals surface area contributed by atoms with Gasteiger partial charge in [-0.25, -0.2) is 0 Å². The van der Waals surface area contributed by atoms with Gasteiger partial charge in [-0.15, -0.1) is 11.8 Å². The van der Waals surface area contributed by atoms with E-state index in [1.807, 2.05) is 30.3 Å². The minimum absolute atomic E-state index is 0.00386. The highest BCUT2D eigenvalue weighted by Gasteiger charge is 2.17. The van der Waals surface area contributed by atoms with E-state index in [2.05, 4.69) is 35.6 Å². The summed E-state index contributed by atoms with van der Waals surface area (Å²) in [4.78, 5) is 13.4. The molecule has 0 bridgehead atoms. The Hall–Kier alpha value is -2.70. The summed E-state index contributed by atoms with van der Waals surface area (Å²) in [5.74, 6) is 1.73. The van der Waals surface area contributed by atoms with Crippen molar-refractivity contribution in [1.29, 1.82) is 0 Å². The fourth-order valence-corrected chi connectivity index (χ4v) is 4.33. The van der Waals surface area contributed by atoms with Crippen LogP contribution in [0.25, 0.3) is 10.8 Å². The normalized spacial score (nSPS) is 15.7. The molecule has 1 aliphatic heterocycles. The van der Waals surface area contributed by atoms with Gasteiger partial charge in [0.2, 0.25) is 5.91 Å². The molecule has 0 spiro atoms. The maximum Gasteiger partial charge on any atom is 0.230 e. The van der Waals surface area contributed by atoms with E-state index in [1.54, 1.807) is 7.11 Å². The molecule has 31 heavy (non-hydrogen) atoms. The number of hydrogen-bond acceptors (Lipinski definition) is 5. The van der Waals surface area contributed by atoms with Crippen molar-refractivity contribution in [2.24, 2.45) is 0 Å². The molecule has 3 aromatic carbocycles. The van der Waals surface area contributed by atoms with Crippen molar-refractivity contribution in [1.82, 2.24) is 5.32 Å². The molecule has 162 valence electrons. The molecule has 1 aliphatic rings. The third-order valence-corrected chi connectivity index (χ3v) is 6.25. The second-order valence-electron chi connectivity index (χ2n) is 7.51. The van der Waals surface area contributed by atoms with Crippen molar-refractivity contribution in [2.45, 2.75) is 30.4 Å². The van der Waals surface area contributed by atoms with Crippen molar-refractivity contribution in [2.75, 3.05) is 26.1 Å². The first-order valence-corrected chi connectivity index (χ1v) is 11.5. The molecule has 0 saturated carbocycles. The molecule has 0 aromatic heterocycles. The molecule has 1 saturated heterocycles. The number of hydrogen-bond donors (Lipinski definition) is 1. The van der Waals surface area contributed by atoms with Crippen molar-refractivity contribution in [3.05, 3.63) is 66.2 Å². The summed E-state index contributed by atoms with van der Waals surface area (Å²) < 4.78 is 16.9. The van der Waals surface area contributed by atoms with E-state index in [1.165, 1.54) is 22.5 Å². The topological polar surface area (TPSA) is 56.8 Å². The number of methoxy groups -OCH3 is 1. The van der Waals surface area contributed by atoms with Crippen LogP contribution in [-0.2, 0) is 16.1 Å². The van der Waals surface area contributed by atoms with Gasteiger partial charge in [0.15, 0.2) is 11.5 Å². The lowest BCUT2D eigenvalue weighted by molar-refractivity contribution is -0.118. The van der Waals surface area contributed by atoms with Gasteiger partial charge in [0, 0.05) is 18.0 Å². The van der Waals surface area contributed by atoms with E-state index in [0.717, 1.165) is 29.9 Å². The number of carbonyl (C=O) groups is 1. The molecule has 0 aliphatic carbocycles. The van der Waals surface area contributed by atoms with E-state index in [9.17, 15) is 4.79 Å². The standard InChI is InChI=1S/C25H27NO4S/c1-28-24-13-18(8-11-23(24)30-16-21-7-4-12-29-21)15-26-25(27)17-31-22-10-9-19-5-2-3-6-20(19)14-22/h2-3,5-6,8-11,13-14,21H,4,7,12,15-17H2,1H3,(H,26,27). The second-order valence-corrected chi connectivity index (χ2v) is 8.55. The Kier molecular flexibility index (Phi) is 7.33. The lowest BCUT2D eigenvalue weighted by atomic mass is 10.1. The highest BCUT2D eigenvalue weighted by Crippen LogP contribution is 2.29. The molecule has 1 heterocycles. The van der Waals surface area contributed by atoms with Crippen molar-refractivity contribution in [3.8, 4) is 11.5 Å². The highest BCUT2D eigenvalue weighted by atomic mass is 32.2. The van der Waals surface area contributed by atoms with E-state index < -0.39 is 0 Å². The van der Waals surface area contributed by atoms with Crippen LogP contribution in [0.5, 0.6) is 11.5 Å². The van der Waals surface area contributed by atoms with Crippen molar-refractivity contribution < 1.29 is 19.0 Å². The summed E-state index contributed by atoms with van der Waals surface area (Å²) in [6.07, 6.45) is 2.27. The molecule has 4 rings (SSSR count). The highest BCUT2D eigenvalue weighted by molar-refractivity contribution is 8.00. The average Bonchev–Trinajstić information content (AvgIpc) is 3.34. The Morgan fingerprint density at radius 3 is 2.77 bits per heavy atom. The summed E-state index contributed by atoms with van der Waals surface area (Å²) in [6.45, 7) is 1.78. The molecule has 6 heteroatoms. The van der Waals surface area contributed by atoms with Crippen LogP contribution in [0.3, 0.4) is 0 Å². The number of nitrogens with one attached hydrogen (secondary N) is 1. The molecule has 1 unspecified atom stereocenters. The maximum absolute atomic E-state index is 12.3. The predicted molar refractivity (Wildman–Crippen MR) is 124 cm³/mol. The van der Waals surface area contributed by atoms with Crippen LogP contribution in [0.2, 0.25) is 0 Å². The fraction of sp³-hybridized carbons (Fsp3) is 0.320. The van der Waals surface area contributed by atoms with E-state index in [4.69, 9.17) is 14.2 Å². The lowest BCUT2D eigenvalue weighted by Crippen LogP contribution is -2.24. The molecule has 5 nitrogen and oxygen atoms in total. The summed E-state index contributed by atoms with van der Waals surface area (Å²) >= 11 is 1.54. The molecular formula is C25H27NO4S. The van der Waals surface area contributed by atoms with Gasteiger partial charge in [0.05, 0.1) is 19.0 Å². The zero-order valence-corrected chi connectivity index (χ0v) is 18.5. The van der Waals surface area contributed by atoms with Crippen molar-refractivity contribution >= 4 is 28.4 Å². The zero-order chi connectivity index (χ0) is 21.5. The lowest BCUT2D eigenvalue weighted by Gasteiger charge is -2.15. The predicted octanol–water partition coefficient (Wildman–Crippen LogP) is 4.81. The molecule has 0 radical (unpaired) electrons. The third-order valence-electron chi connectivity index (χ3n) is 5.26. The van der Waals surface area contributed by atoms with Crippen LogP contribution in [0.15, 0.2) is 65.6 Å². The van der Waals surface area contributed by atoms with E-state index in [-0.39, 0.29) is 12.0 Å².